The fraction of sp³-hybridized carbons (Fsp3) is 0.0714. The number of nitrogens with zero attached hydrogens (tertiary/aromatic N) is 3. The number of urea groups is 1. The second-order valence-corrected chi connectivity index (χ2v) is 5.31. The van der Waals surface area contributed by atoms with Gasteiger partial charge in [-0.1, -0.05) is 29.5 Å². The first-order valence-electron chi connectivity index (χ1n) is 6.30. The van der Waals surface area contributed by atoms with E-state index in [1.54, 1.807) is 24.4 Å². The highest BCUT2D eigenvalue weighted by molar-refractivity contribution is 7.16. The summed E-state index contributed by atoms with van der Waals surface area (Å²) in [4.78, 5) is 16.5. The summed E-state index contributed by atoms with van der Waals surface area (Å²) in [6, 6.07) is 12.8. The van der Waals surface area contributed by atoms with E-state index >= 15 is 0 Å². The van der Waals surface area contributed by atoms with Crippen LogP contribution in [0, 0.1) is 0 Å². The Morgan fingerprint density at radius 1 is 1.24 bits per heavy atom. The summed E-state index contributed by atoms with van der Waals surface area (Å²) in [5.74, 6) is 0.478. The highest BCUT2D eigenvalue weighted by Gasteiger charge is 2.03. The van der Waals surface area contributed by atoms with Crippen LogP contribution in [0.3, 0.4) is 0 Å². The van der Waals surface area contributed by atoms with Gasteiger partial charge in [0.2, 0.25) is 4.80 Å². The normalized spacial score (nSPS) is 11.6. The molecule has 2 N–H and O–H groups in total. The van der Waals surface area contributed by atoms with Crippen LogP contribution >= 0.6 is 11.3 Å². The van der Waals surface area contributed by atoms with Crippen molar-refractivity contribution in [3.05, 3.63) is 53.5 Å². The van der Waals surface area contributed by atoms with Gasteiger partial charge in [0.25, 0.3) is 0 Å². The lowest BCUT2D eigenvalue weighted by Gasteiger charge is -2.01. The maximum atomic E-state index is 11.8. The predicted octanol–water partition coefficient (Wildman–Crippen LogP) is 2.27. The van der Waals surface area contributed by atoms with Gasteiger partial charge in [0, 0.05) is 13.2 Å². The predicted molar refractivity (Wildman–Crippen MR) is 82.8 cm³/mol. The third kappa shape index (κ3) is 2.92. The molecule has 3 aromatic rings. The van der Waals surface area contributed by atoms with Crippen LogP contribution in [0.4, 0.5) is 10.6 Å². The number of para-hydroxylation sites is 1. The standard InChI is InChI=1S/C14H13N5OS/c1-19-10-6-2-3-7-11(10)21-14(19)18-17-13(20)16-12-8-4-5-9-15-12/h2-9H,1H3,(H2,15,16,17,20). The zero-order chi connectivity index (χ0) is 14.7. The van der Waals surface area contributed by atoms with Crippen molar-refractivity contribution < 1.29 is 4.79 Å². The summed E-state index contributed by atoms with van der Waals surface area (Å²) in [5, 5.41) is 6.74. The molecule has 0 saturated heterocycles. The van der Waals surface area contributed by atoms with Crippen LogP contribution in [0.2, 0.25) is 0 Å². The van der Waals surface area contributed by atoms with E-state index in [1.807, 2.05) is 35.9 Å². The number of carbonyl (C=O) groups excluding carboxylic acids is 1. The van der Waals surface area contributed by atoms with Crippen molar-refractivity contribution in [2.75, 3.05) is 5.32 Å². The summed E-state index contributed by atoms with van der Waals surface area (Å²) in [5.41, 5.74) is 3.55. The number of benzene rings is 1. The topological polar surface area (TPSA) is 71.3 Å². The van der Waals surface area contributed by atoms with E-state index in [0.29, 0.717) is 10.6 Å². The fourth-order valence-corrected chi connectivity index (χ4v) is 2.85. The van der Waals surface area contributed by atoms with Crippen molar-refractivity contribution in [3.8, 4) is 0 Å². The maximum absolute atomic E-state index is 11.8. The summed E-state index contributed by atoms with van der Waals surface area (Å²) < 4.78 is 3.05. The number of nitrogens with one attached hydrogen (secondary N) is 2. The Kier molecular flexibility index (Phi) is 3.65. The van der Waals surface area contributed by atoms with Crippen molar-refractivity contribution in [1.29, 1.82) is 0 Å². The highest BCUT2D eigenvalue weighted by atomic mass is 32.1. The van der Waals surface area contributed by atoms with Gasteiger partial charge in [0.15, 0.2) is 0 Å². The molecule has 0 aliphatic rings. The molecule has 2 amide bonds. The van der Waals surface area contributed by atoms with E-state index in [1.165, 1.54) is 11.3 Å². The van der Waals surface area contributed by atoms with E-state index in [0.717, 1.165) is 10.2 Å². The van der Waals surface area contributed by atoms with Crippen molar-refractivity contribution in [2.24, 2.45) is 12.1 Å². The maximum Gasteiger partial charge on any atom is 0.340 e. The number of aryl methyl sites for hydroxylation is 1. The van der Waals surface area contributed by atoms with Gasteiger partial charge in [-0.3, -0.25) is 5.32 Å². The molecule has 0 atom stereocenters. The largest absolute Gasteiger partial charge is 0.340 e. The number of amides is 2. The molecule has 0 radical (unpaired) electrons. The van der Waals surface area contributed by atoms with Gasteiger partial charge in [-0.15, -0.1) is 5.10 Å². The summed E-state index contributed by atoms with van der Waals surface area (Å²) in [7, 11) is 1.91. The number of fused-ring (bicyclic) bond motifs is 1. The number of hydrogen-bond acceptors (Lipinski definition) is 4. The molecule has 6 nitrogen and oxygen atoms in total. The third-order valence-corrected chi connectivity index (χ3v) is 3.99. The number of pyridine rings is 1. The van der Waals surface area contributed by atoms with Gasteiger partial charge in [-0.05, 0) is 24.3 Å². The smallest absolute Gasteiger partial charge is 0.318 e. The Labute approximate surface area is 124 Å². The Bertz CT molecular complexity index is 837. The molecule has 3 rings (SSSR count). The first-order chi connectivity index (χ1) is 10.2. The zero-order valence-electron chi connectivity index (χ0n) is 11.3. The molecule has 0 spiro atoms. The Morgan fingerprint density at radius 3 is 2.81 bits per heavy atom. The van der Waals surface area contributed by atoms with Crippen LogP contribution in [0.1, 0.15) is 0 Å². The van der Waals surface area contributed by atoms with Crippen molar-refractivity contribution in [1.82, 2.24) is 15.0 Å². The SMILES string of the molecule is Cn1c(=NNC(=O)Nc2ccccn2)sc2ccccc21. The van der Waals surface area contributed by atoms with Gasteiger partial charge in [0.1, 0.15) is 5.82 Å². The Morgan fingerprint density at radius 2 is 2.05 bits per heavy atom. The average Bonchev–Trinajstić information content (AvgIpc) is 2.83. The minimum absolute atomic E-state index is 0.425. The molecule has 2 heterocycles. The summed E-state index contributed by atoms with van der Waals surface area (Å²) >= 11 is 1.51. The molecule has 1 aromatic carbocycles. The molecular formula is C14H13N5OS. The van der Waals surface area contributed by atoms with Crippen LogP contribution < -0.4 is 15.5 Å². The number of anilines is 1. The van der Waals surface area contributed by atoms with Crippen LogP contribution in [0.5, 0.6) is 0 Å². The molecule has 0 aliphatic carbocycles. The number of carbonyl (C=O) groups is 1. The van der Waals surface area contributed by atoms with Gasteiger partial charge in [-0.2, -0.15) is 0 Å². The van der Waals surface area contributed by atoms with E-state index in [2.05, 4.69) is 20.8 Å². The van der Waals surface area contributed by atoms with Crippen LogP contribution in [-0.2, 0) is 7.05 Å². The van der Waals surface area contributed by atoms with Crippen molar-refractivity contribution >= 4 is 33.4 Å². The molecule has 0 fully saturated rings. The summed E-state index contributed by atoms with van der Waals surface area (Å²) in [6.45, 7) is 0. The average molecular weight is 299 g/mol. The summed E-state index contributed by atoms with van der Waals surface area (Å²) in [6.07, 6.45) is 1.61. The zero-order valence-corrected chi connectivity index (χ0v) is 12.1. The molecular weight excluding hydrogens is 286 g/mol. The number of hydrogen-bond donors (Lipinski definition) is 2. The molecule has 106 valence electrons. The van der Waals surface area contributed by atoms with Crippen molar-refractivity contribution in [3.63, 3.8) is 0 Å². The second kappa shape index (κ2) is 5.76. The Balaban J connectivity index is 1.78. The minimum atomic E-state index is -0.425. The molecule has 0 bridgehead atoms. The lowest BCUT2D eigenvalue weighted by atomic mass is 10.3. The van der Waals surface area contributed by atoms with E-state index in [4.69, 9.17) is 0 Å². The van der Waals surface area contributed by atoms with E-state index in [9.17, 15) is 4.79 Å². The second-order valence-electron chi connectivity index (χ2n) is 4.30. The monoisotopic (exact) mass is 299 g/mol. The first kappa shape index (κ1) is 13.3. The van der Waals surface area contributed by atoms with Gasteiger partial charge in [0.05, 0.1) is 10.2 Å². The van der Waals surface area contributed by atoms with Gasteiger partial charge < -0.3 is 4.57 Å². The molecule has 0 aliphatic heterocycles. The van der Waals surface area contributed by atoms with Crippen LogP contribution in [0.25, 0.3) is 10.2 Å². The number of aromatic nitrogens is 2. The third-order valence-electron chi connectivity index (χ3n) is 2.87. The van der Waals surface area contributed by atoms with E-state index < -0.39 is 6.03 Å². The molecule has 2 aromatic heterocycles. The molecule has 0 unspecified atom stereocenters. The van der Waals surface area contributed by atoms with Gasteiger partial charge in [-0.25, -0.2) is 15.2 Å². The number of rotatable bonds is 2. The highest BCUT2D eigenvalue weighted by Crippen LogP contribution is 2.14. The lowest BCUT2D eigenvalue weighted by Crippen LogP contribution is -2.27. The quantitative estimate of drug-likeness (QED) is 0.713. The molecule has 0 saturated carbocycles. The van der Waals surface area contributed by atoms with Gasteiger partial charge >= 0.3 is 6.03 Å². The number of thiazole rings is 1. The van der Waals surface area contributed by atoms with Crippen LogP contribution in [0.15, 0.2) is 53.8 Å². The van der Waals surface area contributed by atoms with Crippen molar-refractivity contribution in [2.45, 2.75) is 0 Å². The first-order valence-corrected chi connectivity index (χ1v) is 7.12. The Hall–Kier alpha value is -2.67. The van der Waals surface area contributed by atoms with Crippen LogP contribution in [-0.4, -0.2) is 15.6 Å². The fourth-order valence-electron chi connectivity index (χ4n) is 1.87. The molecule has 7 heteroatoms. The lowest BCUT2D eigenvalue weighted by molar-refractivity contribution is 0.252. The minimum Gasteiger partial charge on any atom is -0.318 e. The van der Waals surface area contributed by atoms with E-state index in [-0.39, 0.29) is 0 Å². The molecule has 21 heavy (non-hydrogen) atoms.